The Labute approximate surface area is 128 Å². The van der Waals surface area contributed by atoms with Gasteiger partial charge in [0.25, 0.3) is 0 Å². The van der Waals surface area contributed by atoms with E-state index in [-0.39, 0.29) is 16.5 Å². The van der Waals surface area contributed by atoms with Crippen LogP contribution in [0, 0.1) is 0 Å². The molecule has 2 aromatic rings. The molecule has 0 amide bonds. The first-order chi connectivity index (χ1) is 9.49. The molecule has 0 aliphatic carbocycles. The number of sulfonamides is 1. The molecule has 1 N–H and O–H groups in total. The highest BCUT2D eigenvalue weighted by atomic mass is 35.5. The Morgan fingerprint density at radius 3 is 2.45 bits per heavy atom. The van der Waals surface area contributed by atoms with Gasteiger partial charge in [-0.3, -0.25) is 0 Å². The molecule has 0 fully saturated rings. The lowest BCUT2D eigenvalue weighted by molar-refractivity contribution is 0.581. The second-order valence-electron chi connectivity index (χ2n) is 4.21. The average Bonchev–Trinajstić information content (AvgIpc) is 2.39. The average molecular weight is 330 g/mol. The highest BCUT2D eigenvalue weighted by Crippen LogP contribution is 2.20. The van der Waals surface area contributed by atoms with Crippen LogP contribution in [0.4, 0.5) is 0 Å². The van der Waals surface area contributed by atoms with Gasteiger partial charge in [-0.15, -0.1) is 0 Å². The molecule has 0 bridgehead atoms. The van der Waals surface area contributed by atoms with E-state index < -0.39 is 10.0 Å². The lowest BCUT2D eigenvalue weighted by Crippen LogP contribution is -2.26. The molecule has 20 heavy (non-hydrogen) atoms. The van der Waals surface area contributed by atoms with Crippen LogP contribution in [0.15, 0.2) is 53.4 Å². The van der Waals surface area contributed by atoms with Crippen LogP contribution in [0.2, 0.25) is 10.0 Å². The van der Waals surface area contributed by atoms with E-state index in [9.17, 15) is 8.42 Å². The molecule has 0 radical (unpaired) electrons. The largest absolute Gasteiger partial charge is 0.242 e. The molecule has 0 unspecified atom stereocenters. The molecule has 0 aliphatic rings. The molecule has 0 atom stereocenters. The fraction of sp³-hybridized carbons (Fsp3) is 0.143. The van der Waals surface area contributed by atoms with Crippen LogP contribution in [-0.4, -0.2) is 15.0 Å². The maximum Gasteiger partial charge on any atom is 0.242 e. The van der Waals surface area contributed by atoms with Gasteiger partial charge in [-0.2, -0.15) is 0 Å². The Morgan fingerprint density at radius 2 is 1.75 bits per heavy atom. The molecule has 0 spiro atoms. The van der Waals surface area contributed by atoms with Crippen LogP contribution in [0.5, 0.6) is 0 Å². The Balaban J connectivity index is 2.02. The van der Waals surface area contributed by atoms with E-state index in [4.69, 9.17) is 23.2 Å². The van der Waals surface area contributed by atoms with Gasteiger partial charge in [-0.05, 0) is 36.2 Å². The summed E-state index contributed by atoms with van der Waals surface area (Å²) in [6, 6.07) is 13.7. The Kier molecular flexibility index (Phi) is 5.05. The summed E-state index contributed by atoms with van der Waals surface area (Å²) in [5, 5.41) is 0.846. The number of rotatable bonds is 5. The lowest BCUT2D eigenvalue weighted by Gasteiger charge is -2.08. The van der Waals surface area contributed by atoms with Gasteiger partial charge in [0.2, 0.25) is 10.0 Å². The minimum Gasteiger partial charge on any atom is -0.211 e. The Hall–Kier alpha value is -1.07. The summed E-state index contributed by atoms with van der Waals surface area (Å²) in [6.45, 7) is 0.286. The van der Waals surface area contributed by atoms with E-state index >= 15 is 0 Å². The van der Waals surface area contributed by atoms with Gasteiger partial charge in [0, 0.05) is 11.6 Å². The molecular weight excluding hydrogens is 317 g/mol. The van der Waals surface area contributed by atoms with Crippen molar-refractivity contribution < 1.29 is 8.42 Å². The van der Waals surface area contributed by atoms with Crippen LogP contribution in [0.25, 0.3) is 0 Å². The van der Waals surface area contributed by atoms with E-state index in [0.717, 1.165) is 5.56 Å². The fourth-order valence-electron chi connectivity index (χ4n) is 1.76. The molecule has 0 aromatic heterocycles. The van der Waals surface area contributed by atoms with Crippen molar-refractivity contribution in [2.45, 2.75) is 11.3 Å². The first kappa shape index (κ1) is 15.3. The highest BCUT2D eigenvalue weighted by molar-refractivity contribution is 7.89. The number of benzene rings is 2. The predicted molar refractivity (Wildman–Crippen MR) is 81.8 cm³/mol. The van der Waals surface area contributed by atoms with Crippen LogP contribution in [0.3, 0.4) is 0 Å². The summed E-state index contributed by atoms with van der Waals surface area (Å²) in [5.41, 5.74) is 0.972. The molecule has 0 heterocycles. The molecule has 2 aromatic carbocycles. The summed E-state index contributed by atoms with van der Waals surface area (Å²) in [4.78, 5) is 0.0905. The van der Waals surface area contributed by atoms with Crippen molar-refractivity contribution in [2.75, 3.05) is 6.54 Å². The van der Waals surface area contributed by atoms with Gasteiger partial charge in [0.15, 0.2) is 0 Å². The van der Waals surface area contributed by atoms with E-state index in [1.807, 2.05) is 18.2 Å². The third-order valence-corrected chi connectivity index (χ3v) is 4.92. The monoisotopic (exact) mass is 329 g/mol. The highest BCUT2D eigenvalue weighted by Gasteiger charge is 2.16. The normalized spacial score (nSPS) is 11.5. The number of hydrogen-bond donors (Lipinski definition) is 1. The van der Waals surface area contributed by atoms with Gasteiger partial charge in [0.1, 0.15) is 4.90 Å². The second kappa shape index (κ2) is 6.59. The number of hydrogen-bond acceptors (Lipinski definition) is 2. The van der Waals surface area contributed by atoms with Crippen molar-refractivity contribution in [2.24, 2.45) is 0 Å². The zero-order chi connectivity index (χ0) is 14.6. The summed E-state index contributed by atoms with van der Waals surface area (Å²) in [5.74, 6) is 0. The van der Waals surface area contributed by atoms with Crippen LogP contribution in [-0.2, 0) is 16.4 Å². The van der Waals surface area contributed by atoms with E-state index in [2.05, 4.69) is 4.72 Å². The molecule has 2 rings (SSSR count). The van der Waals surface area contributed by atoms with Crippen molar-refractivity contribution in [3.05, 3.63) is 64.1 Å². The first-order valence-electron chi connectivity index (χ1n) is 5.98. The third kappa shape index (κ3) is 3.96. The van der Waals surface area contributed by atoms with Crippen LogP contribution >= 0.6 is 23.2 Å². The fourth-order valence-corrected chi connectivity index (χ4v) is 3.52. The SMILES string of the molecule is O=S(=O)(NCCc1cccc(Cl)c1)c1ccccc1Cl. The molecule has 0 saturated heterocycles. The van der Waals surface area contributed by atoms with Gasteiger partial charge < -0.3 is 0 Å². The zero-order valence-corrected chi connectivity index (χ0v) is 12.8. The van der Waals surface area contributed by atoms with Crippen LogP contribution in [0.1, 0.15) is 5.56 Å². The standard InChI is InChI=1S/C14H13Cl2NO2S/c15-12-5-3-4-11(10-12)8-9-17-20(18,19)14-7-2-1-6-13(14)16/h1-7,10,17H,8-9H2. The Morgan fingerprint density at radius 1 is 1.00 bits per heavy atom. The summed E-state index contributed by atoms with van der Waals surface area (Å²) in [7, 11) is -3.59. The number of halogens is 2. The van der Waals surface area contributed by atoms with E-state index in [0.29, 0.717) is 11.4 Å². The molecule has 0 aliphatic heterocycles. The van der Waals surface area contributed by atoms with Gasteiger partial charge in [0.05, 0.1) is 5.02 Å². The van der Waals surface area contributed by atoms with Gasteiger partial charge >= 0.3 is 0 Å². The third-order valence-electron chi connectivity index (χ3n) is 2.72. The molecule has 106 valence electrons. The van der Waals surface area contributed by atoms with Crippen LogP contribution < -0.4 is 4.72 Å². The predicted octanol–water partition coefficient (Wildman–Crippen LogP) is 3.51. The topological polar surface area (TPSA) is 46.2 Å². The summed E-state index contributed by atoms with van der Waals surface area (Å²) >= 11 is 11.8. The smallest absolute Gasteiger partial charge is 0.211 e. The molecule has 3 nitrogen and oxygen atoms in total. The Bertz CT molecular complexity index is 702. The maximum absolute atomic E-state index is 12.1. The second-order valence-corrected chi connectivity index (χ2v) is 6.79. The quantitative estimate of drug-likeness (QED) is 0.912. The number of nitrogens with one attached hydrogen (secondary N) is 1. The van der Waals surface area contributed by atoms with Gasteiger partial charge in [-0.25, -0.2) is 13.1 Å². The minimum absolute atomic E-state index is 0.0905. The maximum atomic E-state index is 12.1. The van der Waals surface area contributed by atoms with E-state index in [1.165, 1.54) is 6.07 Å². The molecule has 6 heteroatoms. The summed E-state index contributed by atoms with van der Waals surface area (Å²) in [6.07, 6.45) is 0.560. The van der Waals surface area contributed by atoms with Crippen molar-refractivity contribution in [3.8, 4) is 0 Å². The van der Waals surface area contributed by atoms with Crippen molar-refractivity contribution >= 4 is 33.2 Å². The minimum atomic E-state index is -3.59. The lowest BCUT2D eigenvalue weighted by atomic mass is 10.2. The molecular formula is C14H13Cl2NO2S. The first-order valence-corrected chi connectivity index (χ1v) is 8.21. The van der Waals surface area contributed by atoms with Crippen molar-refractivity contribution in [3.63, 3.8) is 0 Å². The summed E-state index contributed by atoms with van der Waals surface area (Å²) < 4.78 is 26.7. The van der Waals surface area contributed by atoms with E-state index in [1.54, 1.807) is 24.3 Å². The van der Waals surface area contributed by atoms with Crippen molar-refractivity contribution in [1.82, 2.24) is 4.72 Å². The van der Waals surface area contributed by atoms with Crippen molar-refractivity contribution in [1.29, 1.82) is 0 Å². The molecule has 0 saturated carbocycles. The van der Waals surface area contributed by atoms with Gasteiger partial charge in [-0.1, -0.05) is 47.5 Å². The zero-order valence-electron chi connectivity index (χ0n) is 10.5.